The molecule has 0 saturated carbocycles. The fourth-order valence-corrected chi connectivity index (χ4v) is 2.15. The standard InChI is InChI=1S/C12H12N4OS/c1-3-4-11(17)13-7-9-8-18-12(14-9)10-5-6-16(2)15-10/h5-6,8H,7H2,1-2H3,(H,13,17). The van der Waals surface area contributed by atoms with Crippen molar-refractivity contribution in [2.24, 2.45) is 7.05 Å². The molecule has 1 N–H and O–H groups in total. The number of carbonyl (C=O) groups excluding carboxylic acids is 1. The van der Waals surface area contributed by atoms with Crippen molar-refractivity contribution in [3.8, 4) is 22.5 Å². The lowest BCUT2D eigenvalue weighted by Gasteiger charge is -1.95. The molecule has 92 valence electrons. The van der Waals surface area contributed by atoms with E-state index in [4.69, 9.17) is 0 Å². The predicted molar refractivity (Wildman–Crippen MR) is 69.6 cm³/mol. The Morgan fingerprint density at radius 1 is 1.61 bits per heavy atom. The van der Waals surface area contributed by atoms with Gasteiger partial charge < -0.3 is 5.32 Å². The molecule has 5 nitrogen and oxygen atoms in total. The van der Waals surface area contributed by atoms with Gasteiger partial charge in [0.2, 0.25) is 0 Å². The van der Waals surface area contributed by atoms with Crippen molar-refractivity contribution >= 4 is 17.2 Å². The third-order valence-electron chi connectivity index (χ3n) is 2.15. The molecule has 2 aromatic rings. The van der Waals surface area contributed by atoms with Gasteiger partial charge in [-0.2, -0.15) is 5.10 Å². The Morgan fingerprint density at radius 3 is 3.11 bits per heavy atom. The molecule has 0 atom stereocenters. The SMILES string of the molecule is CC#CC(=O)NCc1csc(-c2ccn(C)n2)n1. The summed E-state index contributed by atoms with van der Waals surface area (Å²) in [7, 11) is 1.86. The summed E-state index contributed by atoms with van der Waals surface area (Å²) >= 11 is 1.51. The predicted octanol–water partition coefficient (Wildman–Crippen LogP) is 1.18. The Hall–Kier alpha value is -2.13. The molecule has 0 aliphatic rings. The van der Waals surface area contributed by atoms with Gasteiger partial charge in [0.1, 0.15) is 10.7 Å². The molecule has 18 heavy (non-hydrogen) atoms. The first-order chi connectivity index (χ1) is 8.69. The van der Waals surface area contributed by atoms with Crippen molar-refractivity contribution < 1.29 is 4.79 Å². The maximum atomic E-state index is 11.2. The highest BCUT2D eigenvalue weighted by molar-refractivity contribution is 7.13. The molecular formula is C12H12N4OS. The summed E-state index contributed by atoms with van der Waals surface area (Å²) in [4.78, 5) is 15.6. The van der Waals surface area contributed by atoms with Crippen molar-refractivity contribution in [2.45, 2.75) is 13.5 Å². The highest BCUT2D eigenvalue weighted by atomic mass is 32.1. The maximum Gasteiger partial charge on any atom is 0.296 e. The molecule has 0 aliphatic carbocycles. The lowest BCUT2D eigenvalue weighted by atomic mass is 10.4. The van der Waals surface area contributed by atoms with Gasteiger partial charge in [0.25, 0.3) is 5.91 Å². The van der Waals surface area contributed by atoms with Gasteiger partial charge in [-0.1, -0.05) is 5.92 Å². The third kappa shape index (κ3) is 2.96. The zero-order valence-corrected chi connectivity index (χ0v) is 10.9. The molecule has 0 bridgehead atoms. The van der Waals surface area contributed by atoms with Crippen LogP contribution in [0.1, 0.15) is 12.6 Å². The van der Waals surface area contributed by atoms with Crippen molar-refractivity contribution in [3.63, 3.8) is 0 Å². The zero-order chi connectivity index (χ0) is 13.0. The van der Waals surface area contributed by atoms with Gasteiger partial charge in [-0.3, -0.25) is 9.48 Å². The van der Waals surface area contributed by atoms with Crippen LogP contribution in [0.4, 0.5) is 0 Å². The van der Waals surface area contributed by atoms with Gasteiger partial charge in [0.15, 0.2) is 0 Å². The summed E-state index contributed by atoms with van der Waals surface area (Å²) < 4.78 is 1.73. The van der Waals surface area contributed by atoms with Gasteiger partial charge in [0.05, 0.1) is 12.2 Å². The monoisotopic (exact) mass is 260 g/mol. The number of aromatic nitrogens is 3. The fourth-order valence-electron chi connectivity index (χ4n) is 1.36. The number of amides is 1. The number of carbonyl (C=O) groups is 1. The van der Waals surface area contributed by atoms with E-state index in [0.717, 1.165) is 16.4 Å². The second-order valence-electron chi connectivity index (χ2n) is 3.58. The van der Waals surface area contributed by atoms with Crippen LogP contribution in [0.25, 0.3) is 10.7 Å². The third-order valence-corrected chi connectivity index (χ3v) is 3.07. The topological polar surface area (TPSA) is 59.8 Å². The van der Waals surface area contributed by atoms with Crippen molar-refractivity contribution in [1.82, 2.24) is 20.1 Å². The molecule has 1 amide bonds. The van der Waals surface area contributed by atoms with E-state index >= 15 is 0 Å². The molecule has 0 saturated heterocycles. The van der Waals surface area contributed by atoms with Crippen molar-refractivity contribution in [1.29, 1.82) is 0 Å². The first-order valence-corrected chi connectivity index (χ1v) is 6.22. The molecule has 2 aromatic heterocycles. The van der Waals surface area contributed by atoms with Crippen LogP contribution in [0.5, 0.6) is 0 Å². The normalized spacial score (nSPS) is 9.67. The van der Waals surface area contributed by atoms with Crippen LogP contribution >= 0.6 is 11.3 Å². The lowest BCUT2D eigenvalue weighted by molar-refractivity contribution is -0.115. The summed E-state index contributed by atoms with van der Waals surface area (Å²) in [6, 6.07) is 1.91. The van der Waals surface area contributed by atoms with Gasteiger partial charge >= 0.3 is 0 Å². The zero-order valence-electron chi connectivity index (χ0n) is 10.1. The Kier molecular flexibility index (Phi) is 3.75. The molecule has 2 rings (SSSR count). The Labute approximate surface area is 109 Å². The van der Waals surface area contributed by atoms with Crippen molar-refractivity contribution in [2.75, 3.05) is 0 Å². The average Bonchev–Trinajstić information content (AvgIpc) is 2.95. The van der Waals surface area contributed by atoms with Crippen LogP contribution < -0.4 is 5.32 Å². The summed E-state index contributed by atoms with van der Waals surface area (Å²) in [5.41, 5.74) is 1.65. The van der Waals surface area contributed by atoms with E-state index in [-0.39, 0.29) is 5.91 Å². The number of hydrogen-bond donors (Lipinski definition) is 1. The quantitative estimate of drug-likeness (QED) is 0.843. The highest BCUT2D eigenvalue weighted by Gasteiger charge is 2.07. The number of nitrogens with one attached hydrogen (secondary N) is 1. The van der Waals surface area contributed by atoms with E-state index < -0.39 is 0 Å². The molecule has 0 unspecified atom stereocenters. The van der Waals surface area contributed by atoms with Crippen LogP contribution in [0, 0.1) is 11.8 Å². The molecular weight excluding hydrogens is 248 g/mol. The van der Waals surface area contributed by atoms with Gasteiger partial charge in [-0.15, -0.1) is 11.3 Å². The molecule has 6 heteroatoms. The first-order valence-electron chi connectivity index (χ1n) is 5.34. The Balaban J connectivity index is 2.02. The molecule has 0 fully saturated rings. The minimum absolute atomic E-state index is 0.287. The van der Waals surface area contributed by atoms with Crippen LogP contribution in [-0.4, -0.2) is 20.7 Å². The largest absolute Gasteiger partial charge is 0.340 e. The van der Waals surface area contributed by atoms with E-state index in [2.05, 4.69) is 27.2 Å². The molecule has 0 aliphatic heterocycles. The lowest BCUT2D eigenvalue weighted by Crippen LogP contribution is -2.20. The smallest absolute Gasteiger partial charge is 0.296 e. The second kappa shape index (κ2) is 5.47. The molecule has 0 aromatic carbocycles. The van der Waals surface area contributed by atoms with Crippen LogP contribution in [0.15, 0.2) is 17.6 Å². The van der Waals surface area contributed by atoms with Gasteiger partial charge in [-0.25, -0.2) is 4.98 Å². The summed E-state index contributed by atoms with van der Waals surface area (Å²) in [6.07, 6.45) is 1.87. The fraction of sp³-hybridized carbons (Fsp3) is 0.250. The summed E-state index contributed by atoms with van der Waals surface area (Å²) in [5.74, 6) is 4.68. The molecule has 2 heterocycles. The maximum absolute atomic E-state index is 11.2. The number of nitrogens with zero attached hydrogens (tertiary/aromatic N) is 3. The highest BCUT2D eigenvalue weighted by Crippen LogP contribution is 2.21. The molecule has 0 radical (unpaired) electrons. The van der Waals surface area contributed by atoms with Gasteiger partial charge in [-0.05, 0) is 18.9 Å². The molecule has 0 spiro atoms. The number of rotatable bonds is 3. The average molecular weight is 260 g/mol. The number of thiazole rings is 1. The van der Waals surface area contributed by atoms with E-state index in [1.54, 1.807) is 11.6 Å². The first kappa shape index (κ1) is 12.3. The van der Waals surface area contributed by atoms with Crippen molar-refractivity contribution in [3.05, 3.63) is 23.3 Å². The number of aryl methyl sites for hydroxylation is 1. The number of hydrogen-bond acceptors (Lipinski definition) is 4. The van der Waals surface area contributed by atoms with Crippen LogP contribution in [0.3, 0.4) is 0 Å². The van der Waals surface area contributed by atoms with Crippen LogP contribution in [0.2, 0.25) is 0 Å². The second-order valence-corrected chi connectivity index (χ2v) is 4.43. The Morgan fingerprint density at radius 2 is 2.44 bits per heavy atom. The summed E-state index contributed by atoms with van der Waals surface area (Å²) in [5, 5.41) is 9.70. The summed E-state index contributed by atoms with van der Waals surface area (Å²) in [6.45, 7) is 2.01. The van der Waals surface area contributed by atoms with E-state index in [1.165, 1.54) is 11.3 Å². The Bertz CT molecular complexity index is 617. The van der Waals surface area contributed by atoms with E-state index in [1.807, 2.05) is 24.7 Å². The minimum Gasteiger partial charge on any atom is -0.340 e. The van der Waals surface area contributed by atoms with E-state index in [0.29, 0.717) is 6.54 Å². The van der Waals surface area contributed by atoms with Gasteiger partial charge in [0, 0.05) is 18.6 Å². The minimum atomic E-state index is -0.287. The van der Waals surface area contributed by atoms with E-state index in [9.17, 15) is 4.79 Å². The van der Waals surface area contributed by atoms with Crippen LogP contribution in [-0.2, 0) is 18.4 Å².